The van der Waals surface area contributed by atoms with Crippen LogP contribution in [0.5, 0.6) is 0 Å². The number of nitrogens with zero attached hydrogens (tertiary/aromatic N) is 3. The van der Waals surface area contributed by atoms with Gasteiger partial charge in [-0.2, -0.15) is 0 Å². The van der Waals surface area contributed by atoms with Crippen molar-refractivity contribution >= 4 is 5.97 Å². The molecular formula is C16H19N3O2. The molecule has 2 aromatic rings. The van der Waals surface area contributed by atoms with Gasteiger partial charge < -0.3 is 5.11 Å². The molecule has 2 aromatic heterocycles. The molecule has 0 atom stereocenters. The lowest BCUT2D eigenvalue weighted by molar-refractivity contribution is -0.136. The lowest BCUT2D eigenvalue weighted by Crippen LogP contribution is -2.13. The van der Waals surface area contributed by atoms with Crippen LogP contribution in [0.3, 0.4) is 0 Å². The van der Waals surface area contributed by atoms with E-state index in [9.17, 15) is 4.79 Å². The quantitative estimate of drug-likeness (QED) is 0.880. The summed E-state index contributed by atoms with van der Waals surface area (Å²) in [4.78, 5) is 24.2. The maximum absolute atomic E-state index is 11.0. The zero-order valence-electron chi connectivity index (χ0n) is 12.3. The first-order valence-corrected chi connectivity index (χ1v) is 7.12. The highest BCUT2D eigenvalue weighted by molar-refractivity contribution is 5.71. The third kappa shape index (κ3) is 3.84. The maximum atomic E-state index is 11.0. The monoisotopic (exact) mass is 285 g/mol. The minimum Gasteiger partial charge on any atom is -0.481 e. The average Bonchev–Trinajstić information content (AvgIpc) is 2.49. The zero-order chi connectivity index (χ0) is 15.2. The van der Waals surface area contributed by atoms with Crippen molar-refractivity contribution in [2.75, 3.05) is 0 Å². The van der Waals surface area contributed by atoms with Gasteiger partial charge in [0.05, 0.1) is 6.42 Å². The molecule has 0 spiro atoms. The van der Waals surface area contributed by atoms with Gasteiger partial charge in [0.25, 0.3) is 0 Å². The van der Waals surface area contributed by atoms with E-state index < -0.39 is 5.97 Å². The van der Waals surface area contributed by atoms with E-state index in [1.807, 2.05) is 26.0 Å². The Kier molecular flexibility index (Phi) is 4.98. The molecule has 0 saturated heterocycles. The number of aryl methyl sites for hydroxylation is 2. The Labute approximate surface area is 124 Å². The first-order chi connectivity index (χ1) is 10.1. The van der Waals surface area contributed by atoms with Crippen molar-refractivity contribution in [3.05, 3.63) is 52.9 Å². The summed E-state index contributed by atoms with van der Waals surface area (Å²) < 4.78 is 0. The normalized spacial score (nSPS) is 10.6. The van der Waals surface area contributed by atoms with Crippen LogP contribution in [0.4, 0.5) is 0 Å². The van der Waals surface area contributed by atoms with Gasteiger partial charge in [0.2, 0.25) is 0 Å². The molecule has 0 bridgehead atoms. The average molecular weight is 285 g/mol. The Morgan fingerprint density at radius 3 is 2.33 bits per heavy atom. The second kappa shape index (κ2) is 6.92. The maximum Gasteiger partial charge on any atom is 0.307 e. The molecule has 21 heavy (non-hydrogen) atoms. The smallest absolute Gasteiger partial charge is 0.307 e. The molecule has 0 saturated carbocycles. The topological polar surface area (TPSA) is 76.0 Å². The first kappa shape index (κ1) is 15.1. The molecule has 110 valence electrons. The number of hydrogen-bond donors (Lipinski definition) is 1. The largest absolute Gasteiger partial charge is 0.481 e. The van der Waals surface area contributed by atoms with E-state index in [0.717, 1.165) is 28.3 Å². The van der Waals surface area contributed by atoms with Gasteiger partial charge in [-0.05, 0) is 24.5 Å². The molecular weight excluding hydrogens is 266 g/mol. The van der Waals surface area contributed by atoms with Crippen LogP contribution in [0.1, 0.15) is 42.2 Å². The van der Waals surface area contributed by atoms with Crippen LogP contribution in [0.25, 0.3) is 0 Å². The van der Waals surface area contributed by atoms with Gasteiger partial charge in [0.1, 0.15) is 5.82 Å². The fraction of sp³-hybridized carbons (Fsp3) is 0.375. The zero-order valence-corrected chi connectivity index (χ0v) is 12.3. The van der Waals surface area contributed by atoms with Crippen LogP contribution in [0.15, 0.2) is 24.5 Å². The van der Waals surface area contributed by atoms with E-state index >= 15 is 0 Å². The number of rotatable bonds is 6. The van der Waals surface area contributed by atoms with E-state index in [1.54, 1.807) is 12.4 Å². The predicted molar refractivity (Wildman–Crippen MR) is 79.2 cm³/mol. The fourth-order valence-electron chi connectivity index (χ4n) is 2.34. The minimum absolute atomic E-state index is 0.0144. The highest BCUT2D eigenvalue weighted by Gasteiger charge is 2.15. The number of carboxylic acid groups (broad SMARTS) is 1. The molecule has 1 N–H and O–H groups in total. The molecule has 0 aliphatic rings. The Hall–Kier alpha value is -2.30. The molecule has 2 rings (SSSR count). The summed E-state index contributed by atoms with van der Waals surface area (Å²) in [6.45, 7) is 3.97. The van der Waals surface area contributed by atoms with Crippen molar-refractivity contribution in [3.63, 3.8) is 0 Å². The molecule has 0 amide bonds. The van der Waals surface area contributed by atoms with Crippen LogP contribution in [-0.4, -0.2) is 26.0 Å². The Morgan fingerprint density at radius 1 is 1.19 bits per heavy atom. The lowest BCUT2D eigenvalue weighted by atomic mass is 10.0. The second-order valence-corrected chi connectivity index (χ2v) is 4.83. The van der Waals surface area contributed by atoms with Gasteiger partial charge in [0, 0.05) is 35.8 Å². The van der Waals surface area contributed by atoms with Crippen molar-refractivity contribution in [1.82, 2.24) is 15.0 Å². The van der Waals surface area contributed by atoms with Crippen LogP contribution in [-0.2, 0) is 30.5 Å². The van der Waals surface area contributed by atoms with Gasteiger partial charge in [-0.3, -0.25) is 9.78 Å². The van der Waals surface area contributed by atoms with Crippen molar-refractivity contribution in [2.45, 2.75) is 39.5 Å². The predicted octanol–water partition coefficient (Wildman–Crippen LogP) is 2.21. The molecule has 2 heterocycles. The summed E-state index contributed by atoms with van der Waals surface area (Å²) in [5, 5.41) is 9.05. The van der Waals surface area contributed by atoms with Gasteiger partial charge in [-0.15, -0.1) is 0 Å². The number of carbonyl (C=O) groups is 1. The van der Waals surface area contributed by atoms with Gasteiger partial charge in [0.15, 0.2) is 0 Å². The number of aromatic nitrogens is 3. The van der Waals surface area contributed by atoms with Crippen molar-refractivity contribution in [1.29, 1.82) is 0 Å². The molecule has 0 radical (unpaired) electrons. The third-order valence-electron chi connectivity index (χ3n) is 3.31. The molecule has 0 aliphatic heterocycles. The van der Waals surface area contributed by atoms with Crippen LogP contribution in [0, 0.1) is 0 Å². The Balaban J connectivity index is 2.38. The fourth-order valence-corrected chi connectivity index (χ4v) is 2.34. The summed E-state index contributed by atoms with van der Waals surface area (Å²) in [7, 11) is 0. The van der Waals surface area contributed by atoms with Crippen molar-refractivity contribution < 1.29 is 9.90 Å². The van der Waals surface area contributed by atoms with Crippen molar-refractivity contribution in [2.24, 2.45) is 0 Å². The van der Waals surface area contributed by atoms with Crippen LogP contribution < -0.4 is 0 Å². The van der Waals surface area contributed by atoms with Crippen LogP contribution >= 0.6 is 0 Å². The molecule has 0 fully saturated rings. The number of hydrogen-bond acceptors (Lipinski definition) is 4. The highest BCUT2D eigenvalue weighted by Crippen LogP contribution is 2.16. The highest BCUT2D eigenvalue weighted by atomic mass is 16.4. The number of aliphatic carboxylic acids is 1. The van der Waals surface area contributed by atoms with Gasteiger partial charge in [-0.1, -0.05) is 19.9 Å². The summed E-state index contributed by atoms with van der Waals surface area (Å²) in [6, 6.07) is 3.87. The van der Waals surface area contributed by atoms with E-state index in [2.05, 4.69) is 15.0 Å². The molecule has 0 unspecified atom stereocenters. The molecule has 5 heteroatoms. The number of carboxylic acids is 1. The van der Waals surface area contributed by atoms with Gasteiger partial charge >= 0.3 is 5.97 Å². The number of pyridine rings is 1. The third-order valence-corrected chi connectivity index (χ3v) is 3.31. The lowest BCUT2D eigenvalue weighted by Gasteiger charge is -2.12. The SMILES string of the molecule is CCc1nc(Cc2cccnc2)nc(CC)c1CC(=O)O. The van der Waals surface area contributed by atoms with E-state index in [0.29, 0.717) is 19.3 Å². The van der Waals surface area contributed by atoms with E-state index in [4.69, 9.17) is 5.11 Å². The molecule has 0 aliphatic carbocycles. The Morgan fingerprint density at radius 2 is 1.86 bits per heavy atom. The summed E-state index contributed by atoms with van der Waals surface area (Å²) >= 11 is 0. The Bertz CT molecular complexity index is 602. The molecule has 5 nitrogen and oxygen atoms in total. The molecule has 0 aromatic carbocycles. The summed E-state index contributed by atoms with van der Waals surface area (Å²) in [6.07, 6.45) is 5.54. The van der Waals surface area contributed by atoms with Crippen molar-refractivity contribution in [3.8, 4) is 0 Å². The standard InChI is InChI=1S/C16H19N3O2/c1-3-13-12(9-16(20)21)14(4-2)19-15(18-13)8-11-6-5-7-17-10-11/h5-7,10H,3-4,8-9H2,1-2H3,(H,20,21). The minimum atomic E-state index is -0.844. The summed E-state index contributed by atoms with van der Waals surface area (Å²) in [5.41, 5.74) is 3.49. The second-order valence-electron chi connectivity index (χ2n) is 4.83. The van der Waals surface area contributed by atoms with Crippen LogP contribution in [0.2, 0.25) is 0 Å². The van der Waals surface area contributed by atoms with E-state index in [1.165, 1.54) is 0 Å². The van der Waals surface area contributed by atoms with Gasteiger partial charge in [-0.25, -0.2) is 9.97 Å². The summed E-state index contributed by atoms with van der Waals surface area (Å²) in [5.74, 6) is -0.117. The first-order valence-electron chi connectivity index (χ1n) is 7.12. The van der Waals surface area contributed by atoms with E-state index in [-0.39, 0.29) is 6.42 Å².